The fraction of sp³-hybridized carbons (Fsp3) is 0.600. The second-order valence-electron chi connectivity index (χ2n) is 5.12. The number of hydrogen-bond acceptors (Lipinski definition) is 3. The fourth-order valence-corrected chi connectivity index (χ4v) is 2.86. The second-order valence-corrected chi connectivity index (χ2v) is 5.52. The zero-order valence-electron chi connectivity index (χ0n) is 12.0. The molecule has 1 N–H and O–H groups in total. The quantitative estimate of drug-likeness (QED) is 0.918. The topological polar surface area (TPSA) is 24.5 Å². The van der Waals surface area contributed by atoms with E-state index in [9.17, 15) is 0 Å². The Morgan fingerprint density at radius 2 is 2.26 bits per heavy atom. The van der Waals surface area contributed by atoms with Gasteiger partial charge in [-0.3, -0.25) is 0 Å². The van der Waals surface area contributed by atoms with Gasteiger partial charge in [0.1, 0.15) is 5.75 Å². The Hall–Kier alpha value is -0.930. The van der Waals surface area contributed by atoms with Gasteiger partial charge in [-0.1, -0.05) is 18.5 Å². The smallest absolute Gasteiger partial charge is 0.143 e. The first-order valence-electron chi connectivity index (χ1n) is 6.98. The van der Waals surface area contributed by atoms with Crippen molar-refractivity contribution in [2.45, 2.75) is 32.7 Å². The van der Waals surface area contributed by atoms with Crippen LogP contribution in [-0.2, 0) is 0 Å². The molecular formula is C15H23ClN2O. The van der Waals surface area contributed by atoms with Crippen molar-refractivity contribution in [1.82, 2.24) is 5.32 Å². The highest BCUT2D eigenvalue weighted by Crippen LogP contribution is 2.35. The molecule has 1 aliphatic heterocycles. The van der Waals surface area contributed by atoms with Crippen molar-refractivity contribution in [1.29, 1.82) is 0 Å². The summed E-state index contributed by atoms with van der Waals surface area (Å²) in [7, 11) is 1.70. The maximum atomic E-state index is 6.17. The van der Waals surface area contributed by atoms with Gasteiger partial charge in [0.2, 0.25) is 0 Å². The number of nitrogens with one attached hydrogen (secondary N) is 1. The molecule has 0 saturated carbocycles. The summed E-state index contributed by atoms with van der Waals surface area (Å²) in [6.07, 6.45) is 2.46. The standard InChI is InChI=1S/C15H23ClN2O/c1-4-17-12-6-5-7-18(10-12)14-8-11(2)13(16)9-15(14)19-3/h8-9,12,17H,4-7,10H2,1-3H3. The molecule has 2 rings (SSSR count). The first kappa shape index (κ1) is 14.5. The van der Waals surface area contributed by atoms with Gasteiger partial charge in [-0.2, -0.15) is 0 Å². The van der Waals surface area contributed by atoms with Crippen LogP contribution in [-0.4, -0.2) is 32.8 Å². The van der Waals surface area contributed by atoms with Gasteiger partial charge >= 0.3 is 0 Å². The van der Waals surface area contributed by atoms with Crippen molar-refractivity contribution in [2.24, 2.45) is 0 Å². The SMILES string of the molecule is CCNC1CCCN(c2cc(C)c(Cl)cc2OC)C1. The number of nitrogens with zero attached hydrogens (tertiary/aromatic N) is 1. The van der Waals surface area contributed by atoms with Gasteiger partial charge in [0.25, 0.3) is 0 Å². The molecule has 4 heteroatoms. The van der Waals surface area contributed by atoms with Crippen LogP contribution in [0.3, 0.4) is 0 Å². The number of methoxy groups -OCH3 is 1. The van der Waals surface area contributed by atoms with Crippen molar-refractivity contribution in [3.8, 4) is 5.75 Å². The van der Waals surface area contributed by atoms with Gasteiger partial charge in [-0.15, -0.1) is 0 Å². The van der Waals surface area contributed by atoms with Crippen LogP contribution >= 0.6 is 11.6 Å². The van der Waals surface area contributed by atoms with Crippen LogP contribution in [0, 0.1) is 6.92 Å². The van der Waals surface area contributed by atoms with E-state index in [2.05, 4.69) is 23.2 Å². The summed E-state index contributed by atoms with van der Waals surface area (Å²) in [6, 6.07) is 4.62. The first-order valence-corrected chi connectivity index (χ1v) is 7.36. The highest BCUT2D eigenvalue weighted by Gasteiger charge is 2.22. The molecule has 0 spiro atoms. The molecule has 1 unspecified atom stereocenters. The number of benzene rings is 1. The Kier molecular flexibility index (Phi) is 4.94. The van der Waals surface area contributed by atoms with E-state index in [1.807, 2.05) is 13.0 Å². The third-order valence-electron chi connectivity index (χ3n) is 3.72. The summed E-state index contributed by atoms with van der Waals surface area (Å²) in [5.41, 5.74) is 2.26. The molecule has 0 bridgehead atoms. The average molecular weight is 283 g/mol. The second kappa shape index (κ2) is 6.49. The first-order chi connectivity index (χ1) is 9.15. The molecule has 1 atom stereocenters. The fourth-order valence-electron chi connectivity index (χ4n) is 2.71. The molecule has 3 nitrogen and oxygen atoms in total. The summed E-state index contributed by atoms with van der Waals surface area (Å²) in [6.45, 7) is 7.34. The van der Waals surface area contributed by atoms with Crippen LogP contribution in [0.4, 0.5) is 5.69 Å². The molecule has 1 aliphatic rings. The molecule has 1 aromatic carbocycles. The molecule has 0 amide bonds. The van der Waals surface area contributed by atoms with Crippen LogP contribution in [0.5, 0.6) is 5.75 Å². The highest BCUT2D eigenvalue weighted by molar-refractivity contribution is 6.31. The predicted octanol–water partition coefficient (Wildman–Crippen LogP) is 3.24. The predicted molar refractivity (Wildman–Crippen MR) is 81.7 cm³/mol. The molecule has 0 aliphatic carbocycles. The Balaban J connectivity index is 2.22. The van der Waals surface area contributed by atoms with Crippen molar-refractivity contribution < 1.29 is 4.74 Å². The average Bonchev–Trinajstić information content (AvgIpc) is 2.42. The van der Waals surface area contributed by atoms with E-state index in [4.69, 9.17) is 16.3 Å². The molecule has 19 heavy (non-hydrogen) atoms. The van der Waals surface area contributed by atoms with Crippen LogP contribution in [0.1, 0.15) is 25.3 Å². The van der Waals surface area contributed by atoms with Crippen molar-refractivity contribution in [2.75, 3.05) is 31.6 Å². The molecular weight excluding hydrogens is 260 g/mol. The minimum Gasteiger partial charge on any atom is -0.495 e. The number of piperidine rings is 1. The lowest BCUT2D eigenvalue weighted by molar-refractivity contribution is 0.402. The Morgan fingerprint density at radius 1 is 1.47 bits per heavy atom. The Bertz CT molecular complexity index is 434. The van der Waals surface area contributed by atoms with Gasteiger partial charge in [0.05, 0.1) is 12.8 Å². The molecule has 1 fully saturated rings. The molecule has 106 valence electrons. The summed E-state index contributed by atoms with van der Waals surface area (Å²) in [5, 5.41) is 4.30. The molecule has 0 aromatic heterocycles. The number of ether oxygens (including phenoxy) is 1. The summed E-state index contributed by atoms with van der Waals surface area (Å²) < 4.78 is 5.48. The maximum Gasteiger partial charge on any atom is 0.143 e. The summed E-state index contributed by atoms with van der Waals surface area (Å²) in [5.74, 6) is 0.868. The van der Waals surface area contributed by atoms with E-state index in [-0.39, 0.29) is 0 Å². The van der Waals surface area contributed by atoms with Crippen molar-refractivity contribution in [3.63, 3.8) is 0 Å². The Morgan fingerprint density at radius 3 is 2.95 bits per heavy atom. The van der Waals surface area contributed by atoms with Crippen molar-refractivity contribution in [3.05, 3.63) is 22.7 Å². The zero-order valence-corrected chi connectivity index (χ0v) is 12.8. The van der Waals surface area contributed by atoms with E-state index in [1.165, 1.54) is 12.8 Å². The lowest BCUT2D eigenvalue weighted by Crippen LogP contribution is -2.45. The number of halogens is 1. The lowest BCUT2D eigenvalue weighted by atomic mass is 10.0. The number of hydrogen-bond donors (Lipinski definition) is 1. The molecule has 0 radical (unpaired) electrons. The van der Waals surface area contributed by atoms with Gasteiger partial charge in [-0.05, 0) is 37.9 Å². The zero-order chi connectivity index (χ0) is 13.8. The minimum absolute atomic E-state index is 0.569. The van der Waals surface area contributed by atoms with E-state index in [0.29, 0.717) is 6.04 Å². The van der Waals surface area contributed by atoms with E-state index >= 15 is 0 Å². The van der Waals surface area contributed by atoms with Gasteiger partial charge in [-0.25, -0.2) is 0 Å². The van der Waals surface area contributed by atoms with E-state index in [0.717, 1.165) is 41.7 Å². The van der Waals surface area contributed by atoms with Gasteiger partial charge < -0.3 is 15.0 Å². The summed E-state index contributed by atoms with van der Waals surface area (Å²) in [4.78, 5) is 2.40. The lowest BCUT2D eigenvalue weighted by Gasteiger charge is -2.35. The third kappa shape index (κ3) is 3.34. The van der Waals surface area contributed by atoms with Crippen LogP contribution in [0.2, 0.25) is 5.02 Å². The van der Waals surface area contributed by atoms with Gasteiger partial charge in [0.15, 0.2) is 0 Å². The number of anilines is 1. The molecule has 1 heterocycles. The Labute approximate surface area is 120 Å². The highest BCUT2D eigenvalue weighted by atomic mass is 35.5. The minimum atomic E-state index is 0.569. The third-order valence-corrected chi connectivity index (χ3v) is 4.12. The molecule has 1 aromatic rings. The normalized spacial score (nSPS) is 19.6. The largest absolute Gasteiger partial charge is 0.495 e. The van der Waals surface area contributed by atoms with Gasteiger partial charge in [0, 0.05) is 30.2 Å². The van der Waals surface area contributed by atoms with E-state index < -0.39 is 0 Å². The number of likely N-dealkylation sites (N-methyl/N-ethyl adjacent to an activating group) is 1. The van der Waals surface area contributed by atoms with Crippen LogP contribution in [0.25, 0.3) is 0 Å². The van der Waals surface area contributed by atoms with Crippen LogP contribution in [0.15, 0.2) is 12.1 Å². The van der Waals surface area contributed by atoms with Crippen LogP contribution < -0.4 is 15.0 Å². The summed E-state index contributed by atoms with van der Waals surface area (Å²) >= 11 is 6.17. The molecule has 1 saturated heterocycles. The maximum absolute atomic E-state index is 6.17. The van der Waals surface area contributed by atoms with Crippen molar-refractivity contribution >= 4 is 17.3 Å². The monoisotopic (exact) mass is 282 g/mol. The van der Waals surface area contributed by atoms with E-state index in [1.54, 1.807) is 7.11 Å². The number of aryl methyl sites for hydroxylation is 1. The number of rotatable bonds is 4.